The van der Waals surface area contributed by atoms with Crippen LogP contribution in [0.1, 0.15) is 6.92 Å². The Bertz CT molecular complexity index is 488. The van der Waals surface area contributed by atoms with Crippen molar-refractivity contribution < 1.29 is 19.4 Å². The monoisotopic (exact) mass is 255 g/mol. The number of fused-ring (bicyclic) bond motifs is 1. The van der Waals surface area contributed by atoms with E-state index in [2.05, 4.69) is 0 Å². The Kier molecular flexibility index (Phi) is 2.93. The molecule has 1 atom stereocenters. The number of benzene rings is 1. The van der Waals surface area contributed by atoms with Crippen molar-refractivity contribution in [1.82, 2.24) is 0 Å². The lowest BCUT2D eigenvalue weighted by atomic mass is 10.2. The van der Waals surface area contributed by atoms with Crippen LogP contribution in [0, 0.1) is 0 Å². The van der Waals surface area contributed by atoms with E-state index in [1.807, 2.05) is 0 Å². The molecule has 0 aliphatic carbocycles. The van der Waals surface area contributed by atoms with Crippen LogP contribution in [0.2, 0.25) is 5.02 Å². The number of halogens is 1. The molecular weight excluding hydrogens is 246 g/mol. The molecule has 0 spiro atoms. The van der Waals surface area contributed by atoms with Crippen LogP contribution >= 0.6 is 11.6 Å². The second-order valence-electron chi connectivity index (χ2n) is 3.69. The minimum Gasteiger partial charge on any atom is -0.478 e. The molecule has 1 aliphatic heterocycles. The van der Waals surface area contributed by atoms with E-state index >= 15 is 0 Å². The molecule has 0 bridgehead atoms. The van der Waals surface area contributed by atoms with E-state index in [1.165, 1.54) is 11.8 Å². The van der Waals surface area contributed by atoms with Gasteiger partial charge in [-0.15, -0.1) is 0 Å². The van der Waals surface area contributed by atoms with Crippen LogP contribution in [0.3, 0.4) is 0 Å². The van der Waals surface area contributed by atoms with Gasteiger partial charge in [0, 0.05) is 11.9 Å². The zero-order valence-corrected chi connectivity index (χ0v) is 9.77. The maximum atomic E-state index is 11.5. The summed E-state index contributed by atoms with van der Waals surface area (Å²) in [6, 6.07) is 4.72. The van der Waals surface area contributed by atoms with Gasteiger partial charge >= 0.3 is 5.97 Å². The van der Waals surface area contributed by atoms with Gasteiger partial charge < -0.3 is 14.7 Å². The summed E-state index contributed by atoms with van der Waals surface area (Å²) < 4.78 is 5.28. The highest BCUT2D eigenvalue weighted by Crippen LogP contribution is 2.35. The lowest BCUT2D eigenvalue weighted by molar-refractivity contribution is -0.145. The molecule has 0 saturated heterocycles. The molecule has 2 rings (SSSR count). The molecule has 0 radical (unpaired) electrons. The van der Waals surface area contributed by atoms with E-state index in [0.29, 0.717) is 16.5 Å². The van der Waals surface area contributed by atoms with E-state index in [4.69, 9.17) is 21.4 Å². The first-order valence-electron chi connectivity index (χ1n) is 4.96. The highest BCUT2D eigenvalue weighted by atomic mass is 35.5. The van der Waals surface area contributed by atoms with Gasteiger partial charge in [-0.3, -0.25) is 4.79 Å². The molecule has 17 heavy (non-hydrogen) atoms. The van der Waals surface area contributed by atoms with Crippen LogP contribution in [0.4, 0.5) is 5.69 Å². The number of aliphatic carboxylic acids is 1. The number of carbonyl (C=O) groups excluding carboxylic acids is 1. The quantitative estimate of drug-likeness (QED) is 0.827. The predicted molar refractivity (Wildman–Crippen MR) is 61.5 cm³/mol. The highest BCUT2D eigenvalue weighted by molar-refractivity contribution is 6.31. The van der Waals surface area contributed by atoms with Crippen molar-refractivity contribution in [3.8, 4) is 5.75 Å². The van der Waals surface area contributed by atoms with Gasteiger partial charge in [0.05, 0.1) is 12.2 Å². The molecule has 1 heterocycles. The standard InChI is InChI=1S/C11H10ClNO4/c1-6(14)13-5-10(11(15)16)17-9-3-2-7(12)4-8(9)13/h2-4,10H,5H2,1H3,(H,15,16). The van der Waals surface area contributed by atoms with Gasteiger partial charge in [0.2, 0.25) is 12.0 Å². The smallest absolute Gasteiger partial charge is 0.346 e. The van der Waals surface area contributed by atoms with Crippen LogP contribution in [-0.2, 0) is 9.59 Å². The largest absolute Gasteiger partial charge is 0.478 e. The summed E-state index contributed by atoms with van der Waals surface area (Å²) in [6.45, 7) is 1.35. The third kappa shape index (κ3) is 2.19. The molecule has 1 N–H and O–H groups in total. The fourth-order valence-electron chi connectivity index (χ4n) is 1.68. The first-order chi connectivity index (χ1) is 7.99. The number of amides is 1. The van der Waals surface area contributed by atoms with Gasteiger partial charge in [-0.1, -0.05) is 11.6 Å². The van der Waals surface area contributed by atoms with Crippen LogP contribution in [-0.4, -0.2) is 29.6 Å². The number of hydrogen-bond donors (Lipinski definition) is 1. The van der Waals surface area contributed by atoms with Gasteiger partial charge in [-0.05, 0) is 18.2 Å². The van der Waals surface area contributed by atoms with Gasteiger partial charge in [0.15, 0.2) is 0 Å². The predicted octanol–water partition coefficient (Wildman–Crippen LogP) is 1.54. The van der Waals surface area contributed by atoms with Crippen molar-refractivity contribution in [2.45, 2.75) is 13.0 Å². The van der Waals surface area contributed by atoms with Gasteiger partial charge in [-0.25, -0.2) is 4.79 Å². The van der Waals surface area contributed by atoms with Crippen LogP contribution < -0.4 is 9.64 Å². The molecular formula is C11H10ClNO4. The summed E-state index contributed by atoms with van der Waals surface area (Å²) in [5.74, 6) is -0.997. The van der Waals surface area contributed by atoms with E-state index in [9.17, 15) is 9.59 Å². The van der Waals surface area contributed by atoms with Crippen LogP contribution in [0.25, 0.3) is 0 Å². The number of carboxylic acid groups (broad SMARTS) is 1. The minimum absolute atomic E-state index is 0.0159. The first-order valence-corrected chi connectivity index (χ1v) is 5.34. The van der Waals surface area contributed by atoms with E-state index in [-0.39, 0.29) is 12.5 Å². The topological polar surface area (TPSA) is 66.8 Å². The lowest BCUT2D eigenvalue weighted by Gasteiger charge is -2.32. The average Bonchev–Trinajstić information content (AvgIpc) is 2.27. The second-order valence-corrected chi connectivity index (χ2v) is 4.12. The maximum Gasteiger partial charge on any atom is 0.346 e. The zero-order valence-electron chi connectivity index (χ0n) is 9.01. The van der Waals surface area contributed by atoms with Crippen LogP contribution in [0.5, 0.6) is 5.75 Å². The number of carbonyl (C=O) groups is 2. The van der Waals surface area contributed by atoms with E-state index in [1.54, 1.807) is 18.2 Å². The second kappa shape index (κ2) is 4.25. The van der Waals surface area contributed by atoms with Crippen molar-refractivity contribution in [1.29, 1.82) is 0 Å². The van der Waals surface area contributed by atoms with Crippen molar-refractivity contribution >= 4 is 29.2 Å². The minimum atomic E-state index is -1.10. The van der Waals surface area contributed by atoms with Gasteiger partial charge in [0.25, 0.3) is 0 Å². The fourth-order valence-corrected chi connectivity index (χ4v) is 1.85. The summed E-state index contributed by atoms with van der Waals surface area (Å²) in [4.78, 5) is 23.7. The molecule has 1 aromatic carbocycles. The molecule has 6 heteroatoms. The Hall–Kier alpha value is -1.75. The Labute approximate surface area is 103 Å². The SMILES string of the molecule is CC(=O)N1CC(C(=O)O)Oc2ccc(Cl)cc21. The molecule has 1 aromatic rings. The molecule has 90 valence electrons. The molecule has 0 aromatic heterocycles. The highest BCUT2D eigenvalue weighted by Gasteiger charge is 2.32. The molecule has 0 fully saturated rings. The van der Waals surface area contributed by atoms with Crippen molar-refractivity contribution in [2.24, 2.45) is 0 Å². The molecule has 1 unspecified atom stereocenters. The third-order valence-electron chi connectivity index (χ3n) is 2.48. The molecule has 0 saturated carbocycles. The normalized spacial score (nSPS) is 18.2. The summed E-state index contributed by atoms with van der Waals surface area (Å²) >= 11 is 5.84. The summed E-state index contributed by atoms with van der Waals surface area (Å²) in [6.07, 6.45) is -1.05. The number of carboxylic acids is 1. The Morgan fingerprint density at radius 1 is 1.53 bits per heavy atom. The zero-order chi connectivity index (χ0) is 12.6. The lowest BCUT2D eigenvalue weighted by Crippen LogP contribution is -2.46. The van der Waals surface area contributed by atoms with Crippen LogP contribution in [0.15, 0.2) is 18.2 Å². The van der Waals surface area contributed by atoms with Crippen molar-refractivity contribution in [2.75, 3.05) is 11.4 Å². The average molecular weight is 256 g/mol. The summed E-state index contributed by atoms with van der Waals surface area (Å²) in [5, 5.41) is 9.39. The molecule has 1 aliphatic rings. The Morgan fingerprint density at radius 2 is 2.24 bits per heavy atom. The van der Waals surface area contributed by atoms with Gasteiger partial charge in [-0.2, -0.15) is 0 Å². The number of rotatable bonds is 1. The Balaban J connectivity index is 2.45. The Morgan fingerprint density at radius 3 is 2.82 bits per heavy atom. The maximum absolute atomic E-state index is 11.5. The molecule has 5 nitrogen and oxygen atoms in total. The van der Waals surface area contributed by atoms with E-state index in [0.717, 1.165) is 0 Å². The molecule has 1 amide bonds. The summed E-state index contributed by atoms with van der Waals surface area (Å²) in [7, 11) is 0. The van der Waals surface area contributed by atoms with Crippen molar-refractivity contribution in [3.63, 3.8) is 0 Å². The number of ether oxygens (including phenoxy) is 1. The number of hydrogen-bond acceptors (Lipinski definition) is 3. The van der Waals surface area contributed by atoms with Gasteiger partial charge in [0.1, 0.15) is 5.75 Å². The first kappa shape index (κ1) is 11.7. The van der Waals surface area contributed by atoms with E-state index < -0.39 is 12.1 Å². The third-order valence-corrected chi connectivity index (χ3v) is 2.72. The summed E-state index contributed by atoms with van der Waals surface area (Å²) in [5.41, 5.74) is 0.502. The fraction of sp³-hybridized carbons (Fsp3) is 0.273. The number of nitrogens with zero attached hydrogens (tertiary/aromatic N) is 1. The van der Waals surface area contributed by atoms with Crippen molar-refractivity contribution in [3.05, 3.63) is 23.2 Å². The number of anilines is 1.